The van der Waals surface area contributed by atoms with Crippen molar-refractivity contribution in [3.63, 3.8) is 0 Å². The molecule has 2 fully saturated rings. The zero-order valence-corrected chi connectivity index (χ0v) is 9.81. The van der Waals surface area contributed by atoms with Crippen LogP contribution in [0.4, 0.5) is 0 Å². The molecule has 0 aromatic heterocycles. The van der Waals surface area contributed by atoms with E-state index in [1.54, 1.807) is 0 Å². The molecule has 0 spiro atoms. The van der Waals surface area contributed by atoms with Gasteiger partial charge >= 0.3 is 0 Å². The summed E-state index contributed by atoms with van der Waals surface area (Å²) in [4.78, 5) is 4.84. The quantitative estimate of drug-likeness (QED) is 0.313. The lowest BCUT2D eigenvalue weighted by Gasteiger charge is -2.25. The van der Waals surface area contributed by atoms with E-state index in [9.17, 15) is 0 Å². The summed E-state index contributed by atoms with van der Waals surface area (Å²) in [5, 5.41) is 11.9. The summed E-state index contributed by atoms with van der Waals surface area (Å²) in [5.41, 5.74) is 5.70. The fourth-order valence-electron chi connectivity index (χ4n) is 2.77. The number of oxime groups is 1. The van der Waals surface area contributed by atoms with Crippen LogP contribution >= 0.6 is 0 Å². The monoisotopic (exact) mass is 226 g/mol. The molecule has 3 N–H and O–H groups in total. The van der Waals surface area contributed by atoms with Crippen LogP contribution in [0.2, 0.25) is 0 Å². The first-order valence-corrected chi connectivity index (χ1v) is 6.25. The third kappa shape index (κ3) is 2.65. The van der Waals surface area contributed by atoms with Gasteiger partial charge in [0, 0.05) is 13.1 Å². The number of rotatable bonds is 4. The summed E-state index contributed by atoms with van der Waals surface area (Å²) in [6.45, 7) is 5.72. The Hall–Kier alpha value is -0.810. The highest BCUT2D eigenvalue weighted by Gasteiger charge is 2.28. The number of hydrogen-bond acceptors (Lipinski definition) is 4. The number of nitrogens with zero attached hydrogens (tertiary/aromatic N) is 3. The highest BCUT2D eigenvalue weighted by atomic mass is 16.4. The van der Waals surface area contributed by atoms with Crippen molar-refractivity contribution in [2.75, 3.05) is 32.7 Å². The molecule has 92 valence electrons. The lowest BCUT2D eigenvalue weighted by atomic mass is 10.2. The lowest BCUT2D eigenvalue weighted by molar-refractivity contribution is 0.234. The summed E-state index contributed by atoms with van der Waals surface area (Å²) < 4.78 is 0. The van der Waals surface area contributed by atoms with E-state index in [0.29, 0.717) is 5.84 Å². The molecule has 5 nitrogen and oxygen atoms in total. The van der Waals surface area contributed by atoms with Gasteiger partial charge in [0.15, 0.2) is 5.84 Å². The van der Waals surface area contributed by atoms with Gasteiger partial charge in [0.2, 0.25) is 0 Å². The molecule has 2 heterocycles. The predicted molar refractivity (Wildman–Crippen MR) is 63.7 cm³/mol. The van der Waals surface area contributed by atoms with Crippen molar-refractivity contribution >= 4 is 5.84 Å². The zero-order chi connectivity index (χ0) is 11.4. The SMILES string of the molecule is NC(=NO)C1CCCN1CCN1CCCC1. The van der Waals surface area contributed by atoms with Crippen LogP contribution in [0.3, 0.4) is 0 Å². The minimum Gasteiger partial charge on any atom is -0.409 e. The van der Waals surface area contributed by atoms with E-state index < -0.39 is 0 Å². The summed E-state index contributed by atoms with van der Waals surface area (Å²) in [6.07, 6.45) is 4.85. The lowest BCUT2D eigenvalue weighted by Crippen LogP contribution is -2.43. The molecule has 1 atom stereocenters. The van der Waals surface area contributed by atoms with Crippen molar-refractivity contribution in [3.05, 3.63) is 0 Å². The first-order chi connectivity index (χ1) is 7.81. The number of amidine groups is 1. The molecule has 2 saturated heterocycles. The minimum atomic E-state index is 0.160. The van der Waals surface area contributed by atoms with Crippen LogP contribution < -0.4 is 5.73 Å². The highest BCUT2D eigenvalue weighted by molar-refractivity contribution is 5.85. The minimum absolute atomic E-state index is 0.160. The normalized spacial score (nSPS) is 29.0. The Kier molecular flexibility index (Phi) is 4.01. The summed E-state index contributed by atoms with van der Waals surface area (Å²) in [7, 11) is 0. The van der Waals surface area contributed by atoms with Crippen molar-refractivity contribution in [1.82, 2.24) is 9.80 Å². The second-order valence-electron chi connectivity index (χ2n) is 4.77. The number of likely N-dealkylation sites (tertiary alicyclic amines) is 2. The van der Waals surface area contributed by atoms with Gasteiger partial charge in [-0.3, -0.25) is 4.90 Å². The first kappa shape index (κ1) is 11.7. The van der Waals surface area contributed by atoms with Gasteiger partial charge in [-0.1, -0.05) is 5.16 Å². The van der Waals surface area contributed by atoms with Gasteiger partial charge in [-0.2, -0.15) is 0 Å². The summed E-state index contributed by atoms with van der Waals surface area (Å²) in [5.74, 6) is 0.374. The topological polar surface area (TPSA) is 65.1 Å². The van der Waals surface area contributed by atoms with Crippen molar-refractivity contribution in [2.45, 2.75) is 31.7 Å². The van der Waals surface area contributed by atoms with Crippen LogP contribution in [0.25, 0.3) is 0 Å². The Morgan fingerprint density at radius 2 is 1.94 bits per heavy atom. The van der Waals surface area contributed by atoms with Crippen molar-refractivity contribution in [2.24, 2.45) is 10.9 Å². The Morgan fingerprint density at radius 3 is 2.62 bits per heavy atom. The Balaban J connectivity index is 1.79. The van der Waals surface area contributed by atoms with E-state index >= 15 is 0 Å². The van der Waals surface area contributed by atoms with Crippen LogP contribution in [0.1, 0.15) is 25.7 Å². The van der Waals surface area contributed by atoms with Gasteiger partial charge in [0.1, 0.15) is 0 Å². The number of hydrogen-bond donors (Lipinski definition) is 2. The molecule has 0 bridgehead atoms. The average Bonchev–Trinajstić information content (AvgIpc) is 2.96. The maximum Gasteiger partial charge on any atom is 0.156 e. The molecule has 0 aliphatic carbocycles. The van der Waals surface area contributed by atoms with Crippen molar-refractivity contribution < 1.29 is 5.21 Å². The molecule has 0 radical (unpaired) electrons. The van der Waals surface area contributed by atoms with Gasteiger partial charge in [-0.15, -0.1) is 0 Å². The maximum absolute atomic E-state index is 8.72. The molecule has 2 aliphatic rings. The standard InChI is InChI=1S/C11H22N4O/c12-11(13-16)10-4-3-7-15(10)9-8-14-5-1-2-6-14/h10,16H,1-9H2,(H2,12,13). The van der Waals surface area contributed by atoms with Crippen LogP contribution in [-0.2, 0) is 0 Å². The molecule has 0 saturated carbocycles. The van der Waals surface area contributed by atoms with Crippen LogP contribution in [0.15, 0.2) is 5.16 Å². The zero-order valence-electron chi connectivity index (χ0n) is 9.81. The van der Waals surface area contributed by atoms with Gasteiger partial charge < -0.3 is 15.8 Å². The van der Waals surface area contributed by atoms with Gasteiger partial charge in [0.05, 0.1) is 6.04 Å². The fraction of sp³-hybridized carbons (Fsp3) is 0.909. The molecule has 1 unspecified atom stereocenters. The van der Waals surface area contributed by atoms with Gasteiger partial charge in [-0.05, 0) is 45.3 Å². The molecule has 16 heavy (non-hydrogen) atoms. The second kappa shape index (κ2) is 5.50. The molecule has 5 heteroatoms. The highest BCUT2D eigenvalue weighted by Crippen LogP contribution is 2.17. The molecular weight excluding hydrogens is 204 g/mol. The summed E-state index contributed by atoms with van der Waals surface area (Å²) in [6, 6.07) is 0.160. The first-order valence-electron chi connectivity index (χ1n) is 6.25. The van der Waals surface area contributed by atoms with Gasteiger partial charge in [-0.25, -0.2) is 0 Å². The average molecular weight is 226 g/mol. The van der Waals surface area contributed by atoms with E-state index in [0.717, 1.165) is 32.5 Å². The molecule has 0 amide bonds. The molecule has 2 rings (SSSR count). The molecule has 0 aromatic rings. The van der Waals surface area contributed by atoms with Crippen LogP contribution in [0.5, 0.6) is 0 Å². The van der Waals surface area contributed by atoms with E-state index in [4.69, 9.17) is 10.9 Å². The third-order valence-corrected chi connectivity index (χ3v) is 3.72. The van der Waals surface area contributed by atoms with E-state index in [1.165, 1.54) is 25.9 Å². The van der Waals surface area contributed by atoms with Crippen LogP contribution in [0, 0.1) is 0 Å². The summed E-state index contributed by atoms with van der Waals surface area (Å²) >= 11 is 0. The Bertz CT molecular complexity index is 250. The van der Waals surface area contributed by atoms with E-state index in [1.807, 2.05) is 0 Å². The Morgan fingerprint density at radius 1 is 1.19 bits per heavy atom. The number of nitrogens with two attached hydrogens (primary N) is 1. The smallest absolute Gasteiger partial charge is 0.156 e. The van der Waals surface area contributed by atoms with E-state index in [2.05, 4.69) is 15.0 Å². The predicted octanol–water partition coefficient (Wildman–Crippen LogP) is 0.293. The Labute approximate surface area is 96.9 Å². The third-order valence-electron chi connectivity index (χ3n) is 3.72. The largest absolute Gasteiger partial charge is 0.409 e. The van der Waals surface area contributed by atoms with Crippen LogP contribution in [-0.4, -0.2) is 59.6 Å². The molecule has 0 aromatic carbocycles. The molecule has 2 aliphatic heterocycles. The van der Waals surface area contributed by atoms with Crippen molar-refractivity contribution in [1.29, 1.82) is 0 Å². The van der Waals surface area contributed by atoms with E-state index in [-0.39, 0.29) is 6.04 Å². The second-order valence-corrected chi connectivity index (χ2v) is 4.77. The van der Waals surface area contributed by atoms with Gasteiger partial charge in [0.25, 0.3) is 0 Å². The van der Waals surface area contributed by atoms with Crippen molar-refractivity contribution in [3.8, 4) is 0 Å². The maximum atomic E-state index is 8.72. The fourth-order valence-corrected chi connectivity index (χ4v) is 2.77. The molecular formula is C11H22N4O.